The van der Waals surface area contributed by atoms with Gasteiger partial charge in [-0.1, -0.05) is 11.6 Å². The number of nitrogens with one attached hydrogen (secondary N) is 1. The molecule has 0 spiro atoms. The maximum absolute atomic E-state index is 12.2. The summed E-state index contributed by atoms with van der Waals surface area (Å²) in [5.41, 5.74) is 0.554. The van der Waals surface area contributed by atoms with E-state index in [1.54, 1.807) is 35.2 Å². The lowest BCUT2D eigenvalue weighted by Crippen LogP contribution is -2.47. The molecule has 0 aliphatic carbocycles. The number of furan rings is 1. The second-order valence-corrected chi connectivity index (χ2v) is 6.33. The van der Waals surface area contributed by atoms with Crippen molar-refractivity contribution in [2.75, 3.05) is 19.7 Å². The van der Waals surface area contributed by atoms with E-state index in [2.05, 4.69) is 5.32 Å². The molecule has 0 unspecified atom stereocenters. The van der Waals surface area contributed by atoms with E-state index in [1.165, 1.54) is 12.5 Å². The highest BCUT2D eigenvalue weighted by Crippen LogP contribution is 2.16. The molecule has 1 N–H and O–H groups in total. The van der Waals surface area contributed by atoms with Gasteiger partial charge in [0, 0.05) is 24.2 Å². The number of hydrogen-bond acceptors (Lipinski definition) is 4. The first kappa shape index (κ1) is 17.4. The van der Waals surface area contributed by atoms with Crippen molar-refractivity contribution in [3.05, 3.63) is 53.4 Å². The molecule has 0 bridgehead atoms. The van der Waals surface area contributed by atoms with Gasteiger partial charge >= 0.3 is 0 Å². The van der Waals surface area contributed by atoms with Crippen LogP contribution in [0.5, 0.6) is 5.75 Å². The van der Waals surface area contributed by atoms with Gasteiger partial charge in [0.1, 0.15) is 12.0 Å². The second kappa shape index (κ2) is 8.07. The van der Waals surface area contributed by atoms with Gasteiger partial charge in [-0.25, -0.2) is 0 Å². The number of carbonyl (C=O) groups excluding carboxylic acids is 2. The van der Waals surface area contributed by atoms with E-state index in [1.807, 2.05) is 0 Å². The quantitative estimate of drug-likeness (QED) is 0.887. The summed E-state index contributed by atoms with van der Waals surface area (Å²) in [6, 6.07) is 8.56. The maximum atomic E-state index is 12.2. The number of amides is 2. The zero-order valence-electron chi connectivity index (χ0n) is 13.6. The molecule has 0 radical (unpaired) electrons. The third-order valence-corrected chi connectivity index (χ3v) is 4.35. The van der Waals surface area contributed by atoms with Gasteiger partial charge in [0.15, 0.2) is 6.61 Å². The SMILES string of the molecule is O=C(COc1ccc(Cl)cc1)NC1CCN(C(=O)c2ccoc2)CC1. The minimum Gasteiger partial charge on any atom is -0.484 e. The number of nitrogens with zero attached hydrogens (tertiary/aromatic N) is 1. The molecule has 25 heavy (non-hydrogen) atoms. The first-order valence-electron chi connectivity index (χ1n) is 8.11. The average Bonchev–Trinajstić information content (AvgIpc) is 3.16. The van der Waals surface area contributed by atoms with Gasteiger partial charge in [-0.3, -0.25) is 9.59 Å². The van der Waals surface area contributed by atoms with Crippen LogP contribution in [-0.2, 0) is 4.79 Å². The molecule has 1 aromatic heterocycles. The van der Waals surface area contributed by atoms with E-state index in [0.29, 0.717) is 29.4 Å². The first-order chi connectivity index (χ1) is 12.1. The zero-order chi connectivity index (χ0) is 17.6. The van der Waals surface area contributed by atoms with Crippen molar-refractivity contribution in [2.24, 2.45) is 0 Å². The smallest absolute Gasteiger partial charge is 0.258 e. The van der Waals surface area contributed by atoms with Gasteiger partial charge in [-0.05, 0) is 43.2 Å². The van der Waals surface area contributed by atoms with Gasteiger partial charge in [-0.15, -0.1) is 0 Å². The Bertz CT molecular complexity index is 707. The Labute approximate surface area is 150 Å². The number of likely N-dealkylation sites (tertiary alicyclic amines) is 1. The Kier molecular flexibility index (Phi) is 5.60. The molecule has 3 rings (SSSR count). The van der Waals surface area contributed by atoms with Crippen LogP contribution in [0.1, 0.15) is 23.2 Å². The summed E-state index contributed by atoms with van der Waals surface area (Å²) >= 11 is 5.80. The van der Waals surface area contributed by atoms with Crippen molar-refractivity contribution >= 4 is 23.4 Å². The fourth-order valence-corrected chi connectivity index (χ4v) is 2.87. The molecular weight excluding hydrogens is 344 g/mol. The monoisotopic (exact) mass is 362 g/mol. The minimum atomic E-state index is -0.172. The van der Waals surface area contributed by atoms with Crippen LogP contribution >= 0.6 is 11.6 Å². The third kappa shape index (κ3) is 4.76. The first-order valence-corrected chi connectivity index (χ1v) is 8.49. The summed E-state index contributed by atoms with van der Waals surface area (Å²) in [4.78, 5) is 26.0. The van der Waals surface area contributed by atoms with E-state index in [0.717, 1.165) is 12.8 Å². The van der Waals surface area contributed by atoms with Crippen molar-refractivity contribution in [2.45, 2.75) is 18.9 Å². The number of rotatable bonds is 5. The molecule has 1 aromatic carbocycles. The molecular formula is C18H19ClN2O4. The number of hydrogen-bond donors (Lipinski definition) is 1. The lowest BCUT2D eigenvalue weighted by atomic mass is 10.0. The molecule has 6 nitrogen and oxygen atoms in total. The summed E-state index contributed by atoms with van der Waals surface area (Å²) < 4.78 is 10.4. The van der Waals surface area contributed by atoms with Crippen LogP contribution < -0.4 is 10.1 Å². The van der Waals surface area contributed by atoms with Crippen LogP contribution in [0, 0.1) is 0 Å². The Balaban J connectivity index is 1.40. The summed E-state index contributed by atoms with van der Waals surface area (Å²) in [5.74, 6) is 0.388. The van der Waals surface area contributed by atoms with Crippen molar-refractivity contribution in [3.63, 3.8) is 0 Å². The van der Waals surface area contributed by atoms with E-state index in [9.17, 15) is 9.59 Å². The molecule has 1 saturated heterocycles. The molecule has 132 valence electrons. The lowest BCUT2D eigenvalue weighted by Gasteiger charge is -2.32. The van der Waals surface area contributed by atoms with E-state index in [-0.39, 0.29) is 24.5 Å². The Morgan fingerprint density at radius 3 is 2.56 bits per heavy atom. The molecule has 0 saturated carbocycles. The standard InChI is InChI=1S/C18H19ClN2O4/c19-14-1-3-16(4-2-14)25-12-17(22)20-15-5-8-21(9-6-15)18(23)13-7-10-24-11-13/h1-4,7,10-11,15H,5-6,8-9,12H2,(H,20,22). The Morgan fingerprint density at radius 2 is 1.92 bits per heavy atom. The molecule has 0 atom stereocenters. The van der Waals surface area contributed by atoms with Gasteiger partial charge in [0.2, 0.25) is 0 Å². The number of benzene rings is 1. The predicted octanol–water partition coefficient (Wildman–Crippen LogP) is 2.73. The van der Waals surface area contributed by atoms with Crippen LogP contribution in [0.4, 0.5) is 0 Å². The molecule has 2 heterocycles. The van der Waals surface area contributed by atoms with Crippen molar-refractivity contribution in [1.82, 2.24) is 10.2 Å². The Morgan fingerprint density at radius 1 is 1.20 bits per heavy atom. The molecule has 1 aliphatic rings. The highest BCUT2D eigenvalue weighted by Gasteiger charge is 2.25. The van der Waals surface area contributed by atoms with Gasteiger partial charge in [-0.2, -0.15) is 0 Å². The van der Waals surface area contributed by atoms with Crippen molar-refractivity contribution in [3.8, 4) is 5.75 Å². The number of ether oxygens (including phenoxy) is 1. The summed E-state index contributed by atoms with van der Waals surface area (Å²) in [6.45, 7) is 1.16. The van der Waals surface area contributed by atoms with Crippen molar-refractivity contribution < 1.29 is 18.7 Å². The summed E-state index contributed by atoms with van der Waals surface area (Å²) in [7, 11) is 0. The fourth-order valence-electron chi connectivity index (χ4n) is 2.74. The van der Waals surface area contributed by atoms with E-state index >= 15 is 0 Å². The highest BCUT2D eigenvalue weighted by molar-refractivity contribution is 6.30. The van der Waals surface area contributed by atoms with Crippen LogP contribution in [0.25, 0.3) is 0 Å². The largest absolute Gasteiger partial charge is 0.484 e. The highest BCUT2D eigenvalue weighted by atomic mass is 35.5. The number of halogens is 1. The fraction of sp³-hybridized carbons (Fsp3) is 0.333. The van der Waals surface area contributed by atoms with Gasteiger partial charge in [0.25, 0.3) is 11.8 Å². The Hall–Kier alpha value is -2.47. The maximum Gasteiger partial charge on any atom is 0.258 e. The number of carbonyl (C=O) groups is 2. The average molecular weight is 363 g/mol. The third-order valence-electron chi connectivity index (χ3n) is 4.10. The van der Waals surface area contributed by atoms with Crippen LogP contribution in [0.3, 0.4) is 0 Å². The topological polar surface area (TPSA) is 71.8 Å². The lowest BCUT2D eigenvalue weighted by molar-refractivity contribution is -0.124. The van der Waals surface area contributed by atoms with Crippen LogP contribution in [0.15, 0.2) is 47.3 Å². The molecule has 7 heteroatoms. The minimum absolute atomic E-state index is 0.0374. The van der Waals surface area contributed by atoms with E-state index in [4.69, 9.17) is 20.8 Å². The molecule has 2 aromatic rings. The second-order valence-electron chi connectivity index (χ2n) is 5.89. The normalized spacial score (nSPS) is 15.0. The molecule has 2 amide bonds. The number of piperidine rings is 1. The zero-order valence-corrected chi connectivity index (χ0v) is 14.4. The van der Waals surface area contributed by atoms with Crippen molar-refractivity contribution in [1.29, 1.82) is 0 Å². The summed E-state index contributed by atoms with van der Waals surface area (Å²) in [6.07, 6.45) is 4.37. The predicted molar refractivity (Wildman–Crippen MR) is 92.7 cm³/mol. The molecule has 1 fully saturated rings. The van der Waals surface area contributed by atoms with Gasteiger partial charge in [0.05, 0.1) is 11.8 Å². The molecule has 1 aliphatic heterocycles. The van der Waals surface area contributed by atoms with Crippen LogP contribution in [-0.4, -0.2) is 42.5 Å². The summed E-state index contributed by atoms with van der Waals surface area (Å²) in [5, 5.41) is 3.57. The van der Waals surface area contributed by atoms with Crippen LogP contribution in [0.2, 0.25) is 5.02 Å². The van der Waals surface area contributed by atoms with E-state index < -0.39 is 0 Å². The van der Waals surface area contributed by atoms with Gasteiger partial charge < -0.3 is 19.4 Å².